The van der Waals surface area contributed by atoms with E-state index in [0.29, 0.717) is 36.1 Å². The number of phenolic OH excluding ortho intramolecular Hbond substituents is 2. The molecule has 190 valence electrons. The molecule has 0 aromatic heterocycles. The van der Waals surface area contributed by atoms with Crippen LogP contribution in [-0.4, -0.2) is 45.7 Å². The van der Waals surface area contributed by atoms with E-state index < -0.39 is 12.4 Å². The predicted molar refractivity (Wildman–Crippen MR) is 133 cm³/mol. The molecule has 0 fully saturated rings. The zero-order valence-corrected chi connectivity index (χ0v) is 20.4. The first-order valence-corrected chi connectivity index (χ1v) is 12.7. The molecule has 0 amide bonds. The standard InChI is InChI=1S/C29H32O7/c1-35-28-22-7-3-6-19-13-23-17(4-2-5-18-14-25(33)36-29(26(18)23)27(19)34)12-21(31)15-20(30)10-8-16(22)9-11-24(28)32/h9,11,13,17-18,21,25,31-34H,2,4-6,8,10,12,14-15H2,1H3. The minimum Gasteiger partial charge on any atom is -0.504 e. The lowest BCUT2D eigenvalue weighted by molar-refractivity contribution is -0.121. The molecule has 1 heterocycles. The summed E-state index contributed by atoms with van der Waals surface area (Å²) in [7, 11) is 1.45. The molecular formula is C29H32O7. The normalized spacial score (nSPS) is 25.7. The number of aliphatic hydroxyl groups is 2. The topological polar surface area (TPSA) is 116 Å². The monoisotopic (exact) mass is 492 g/mol. The first-order chi connectivity index (χ1) is 17.4. The van der Waals surface area contributed by atoms with Crippen molar-refractivity contribution < 1.29 is 34.7 Å². The van der Waals surface area contributed by atoms with Gasteiger partial charge in [-0.1, -0.05) is 30.4 Å². The number of aliphatic hydroxyl groups excluding tert-OH is 2. The fraction of sp³-hybridized carbons (Fsp3) is 0.483. The van der Waals surface area contributed by atoms with Crippen molar-refractivity contribution in [3.05, 3.63) is 46.0 Å². The van der Waals surface area contributed by atoms with Gasteiger partial charge >= 0.3 is 0 Å². The van der Waals surface area contributed by atoms with E-state index in [1.54, 1.807) is 6.07 Å². The summed E-state index contributed by atoms with van der Waals surface area (Å²) in [5.41, 5.74) is 3.77. The van der Waals surface area contributed by atoms with Crippen LogP contribution in [0.4, 0.5) is 0 Å². The zero-order valence-electron chi connectivity index (χ0n) is 20.4. The highest BCUT2D eigenvalue weighted by molar-refractivity contribution is 5.79. The summed E-state index contributed by atoms with van der Waals surface area (Å²) in [4.78, 5) is 12.8. The van der Waals surface area contributed by atoms with E-state index in [9.17, 15) is 25.2 Å². The van der Waals surface area contributed by atoms with Gasteiger partial charge in [0, 0.05) is 36.8 Å². The van der Waals surface area contributed by atoms with Gasteiger partial charge in [0.1, 0.15) is 5.78 Å². The molecule has 0 saturated heterocycles. The number of ether oxygens (including phenoxy) is 2. The molecule has 4 N–H and O–H groups in total. The highest BCUT2D eigenvalue weighted by atomic mass is 16.6. The third kappa shape index (κ3) is 4.63. The first kappa shape index (κ1) is 24.5. The molecule has 4 unspecified atom stereocenters. The van der Waals surface area contributed by atoms with Gasteiger partial charge in [-0.2, -0.15) is 0 Å². The number of carbonyl (C=O) groups excluding carboxylic acids is 1. The van der Waals surface area contributed by atoms with Crippen LogP contribution in [0, 0.1) is 11.8 Å². The maximum Gasteiger partial charge on any atom is 0.198 e. The molecule has 36 heavy (non-hydrogen) atoms. The third-order valence-corrected chi connectivity index (χ3v) is 7.71. The van der Waals surface area contributed by atoms with Gasteiger partial charge in [0.05, 0.1) is 18.8 Å². The summed E-state index contributed by atoms with van der Waals surface area (Å²) in [6, 6.07) is 5.22. The van der Waals surface area contributed by atoms with Crippen molar-refractivity contribution in [1.29, 1.82) is 0 Å². The summed E-state index contributed by atoms with van der Waals surface area (Å²) >= 11 is 0. The molecule has 7 heteroatoms. The Bertz CT molecular complexity index is 1240. The van der Waals surface area contributed by atoms with Crippen LogP contribution in [0.25, 0.3) is 0 Å². The molecule has 3 aliphatic rings. The Morgan fingerprint density at radius 2 is 1.86 bits per heavy atom. The van der Waals surface area contributed by atoms with E-state index in [-0.39, 0.29) is 54.1 Å². The number of ketones is 1. The molecule has 4 atom stereocenters. The van der Waals surface area contributed by atoms with Gasteiger partial charge in [0.25, 0.3) is 0 Å². The van der Waals surface area contributed by atoms with Gasteiger partial charge in [-0.25, -0.2) is 0 Å². The number of aryl methyl sites for hydroxylation is 1. The van der Waals surface area contributed by atoms with Crippen molar-refractivity contribution >= 4 is 5.78 Å². The number of hydrogen-bond acceptors (Lipinski definition) is 7. The van der Waals surface area contributed by atoms with Crippen LogP contribution in [0.5, 0.6) is 23.0 Å². The molecule has 2 bridgehead atoms. The van der Waals surface area contributed by atoms with Gasteiger partial charge in [-0.3, -0.25) is 4.79 Å². The summed E-state index contributed by atoms with van der Waals surface area (Å²) in [6.07, 6.45) is 2.72. The number of Topliss-reactive ketones (excluding diaryl/α,β-unsaturated/α-hetero) is 1. The SMILES string of the molecule is COc1c(O)ccc2c1C#CCc1cc3c4c(c1O)OC(O)CC4CCCC3CC(O)CC(=O)CC2. The van der Waals surface area contributed by atoms with Crippen LogP contribution in [0.2, 0.25) is 0 Å². The Hall–Kier alpha value is -3.21. The van der Waals surface area contributed by atoms with E-state index in [0.717, 1.165) is 36.0 Å². The predicted octanol–water partition coefficient (Wildman–Crippen LogP) is 3.81. The van der Waals surface area contributed by atoms with Gasteiger partial charge in [-0.05, 0) is 54.7 Å². The minimum atomic E-state index is -0.990. The summed E-state index contributed by atoms with van der Waals surface area (Å²) in [6.45, 7) is 0. The second kappa shape index (κ2) is 10.0. The Labute approximate surface area is 210 Å². The van der Waals surface area contributed by atoms with Gasteiger partial charge in [0.15, 0.2) is 29.3 Å². The minimum absolute atomic E-state index is 0.0112. The average Bonchev–Trinajstić information content (AvgIpc) is 3.00. The quantitative estimate of drug-likeness (QED) is 0.448. The van der Waals surface area contributed by atoms with E-state index in [4.69, 9.17) is 9.47 Å². The van der Waals surface area contributed by atoms with Gasteiger partial charge in [0.2, 0.25) is 0 Å². The van der Waals surface area contributed by atoms with E-state index in [1.807, 2.05) is 6.07 Å². The number of benzene rings is 2. The maximum absolute atomic E-state index is 12.8. The molecular weight excluding hydrogens is 460 g/mol. The van der Waals surface area contributed by atoms with Gasteiger partial charge in [-0.15, -0.1) is 0 Å². The molecule has 2 aliphatic carbocycles. The fourth-order valence-electron chi connectivity index (χ4n) is 6.01. The van der Waals surface area contributed by atoms with Crippen molar-refractivity contribution in [3.63, 3.8) is 0 Å². The van der Waals surface area contributed by atoms with Crippen LogP contribution in [-0.2, 0) is 17.6 Å². The van der Waals surface area contributed by atoms with Crippen LogP contribution in [0.3, 0.4) is 0 Å². The molecule has 7 nitrogen and oxygen atoms in total. The second-order valence-electron chi connectivity index (χ2n) is 10.1. The number of hydrogen-bond donors (Lipinski definition) is 4. The van der Waals surface area contributed by atoms with Crippen LogP contribution in [0.15, 0.2) is 18.2 Å². The van der Waals surface area contributed by atoms with Crippen molar-refractivity contribution in [2.24, 2.45) is 0 Å². The highest BCUT2D eigenvalue weighted by Crippen LogP contribution is 2.52. The van der Waals surface area contributed by atoms with Crippen molar-refractivity contribution in [1.82, 2.24) is 0 Å². The molecule has 5 rings (SSSR count). The molecule has 0 spiro atoms. The maximum atomic E-state index is 12.8. The Morgan fingerprint density at radius 3 is 2.67 bits per heavy atom. The number of phenols is 2. The molecule has 2 aromatic carbocycles. The van der Waals surface area contributed by atoms with Crippen molar-refractivity contribution in [3.8, 4) is 34.8 Å². The fourth-order valence-corrected chi connectivity index (χ4v) is 6.01. The highest BCUT2D eigenvalue weighted by Gasteiger charge is 2.37. The van der Waals surface area contributed by atoms with E-state index in [1.165, 1.54) is 13.2 Å². The number of rotatable bonds is 1. The number of fused-ring (bicyclic) bond motifs is 2. The lowest BCUT2D eigenvalue weighted by Gasteiger charge is -2.32. The van der Waals surface area contributed by atoms with Crippen molar-refractivity contribution in [2.45, 2.75) is 82.0 Å². The summed E-state index contributed by atoms with van der Waals surface area (Å²) in [5.74, 6) is 6.73. The molecule has 2 aromatic rings. The van der Waals surface area contributed by atoms with Crippen molar-refractivity contribution in [2.75, 3.05) is 7.11 Å². The van der Waals surface area contributed by atoms with Crippen LogP contribution < -0.4 is 9.47 Å². The summed E-state index contributed by atoms with van der Waals surface area (Å²) in [5, 5.41) is 42.7. The van der Waals surface area contributed by atoms with E-state index >= 15 is 0 Å². The number of aromatic hydroxyl groups is 2. The van der Waals surface area contributed by atoms with E-state index in [2.05, 4.69) is 11.8 Å². The number of methoxy groups -OCH3 is 1. The first-order valence-electron chi connectivity index (χ1n) is 12.7. The largest absolute Gasteiger partial charge is 0.504 e. The average molecular weight is 493 g/mol. The molecule has 0 radical (unpaired) electrons. The molecule has 1 aliphatic heterocycles. The lowest BCUT2D eigenvalue weighted by Crippen LogP contribution is -2.26. The zero-order chi connectivity index (χ0) is 25.4. The number of carbonyl (C=O) groups is 1. The van der Waals surface area contributed by atoms with Gasteiger partial charge < -0.3 is 29.9 Å². The Balaban J connectivity index is 1.65. The van der Waals surface area contributed by atoms with Crippen LogP contribution >= 0.6 is 0 Å². The second-order valence-corrected chi connectivity index (χ2v) is 10.1. The third-order valence-electron chi connectivity index (χ3n) is 7.71. The smallest absolute Gasteiger partial charge is 0.198 e. The lowest BCUT2D eigenvalue weighted by atomic mass is 9.81. The Morgan fingerprint density at radius 1 is 1.06 bits per heavy atom. The summed E-state index contributed by atoms with van der Waals surface area (Å²) < 4.78 is 11.2. The Kier molecular flexibility index (Phi) is 6.83. The molecule has 0 saturated carbocycles. The van der Waals surface area contributed by atoms with Crippen LogP contribution in [0.1, 0.15) is 84.6 Å².